The molecule has 0 amide bonds. The Balaban J connectivity index is 2.84. The fraction of sp³-hybridized carbons (Fsp3) is 0.100. The minimum absolute atomic E-state index is 0.173. The highest BCUT2D eigenvalue weighted by molar-refractivity contribution is 6.35. The number of ether oxygens (including phenoxy) is 1. The SMILES string of the molecule is COc1ccc2c(Cl)ccnc2c1F. The maximum absolute atomic E-state index is 13.6. The summed E-state index contributed by atoms with van der Waals surface area (Å²) >= 11 is 5.88. The number of fused-ring (bicyclic) bond motifs is 1. The molecule has 0 fully saturated rings. The molecule has 0 aliphatic rings. The predicted molar refractivity (Wildman–Crippen MR) is 53.3 cm³/mol. The molecule has 0 N–H and O–H groups in total. The minimum Gasteiger partial charge on any atom is -0.494 e. The van der Waals surface area contributed by atoms with Crippen molar-refractivity contribution in [3.63, 3.8) is 0 Å². The van der Waals surface area contributed by atoms with E-state index in [9.17, 15) is 4.39 Å². The smallest absolute Gasteiger partial charge is 0.191 e. The highest BCUT2D eigenvalue weighted by Crippen LogP contribution is 2.28. The number of aromatic nitrogens is 1. The van der Waals surface area contributed by atoms with Crippen LogP contribution in [0.15, 0.2) is 24.4 Å². The van der Waals surface area contributed by atoms with Crippen molar-refractivity contribution in [1.82, 2.24) is 4.98 Å². The molecule has 4 heteroatoms. The van der Waals surface area contributed by atoms with Crippen LogP contribution < -0.4 is 4.74 Å². The van der Waals surface area contributed by atoms with Crippen LogP contribution in [0.4, 0.5) is 4.39 Å². The second kappa shape index (κ2) is 3.42. The van der Waals surface area contributed by atoms with E-state index in [4.69, 9.17) is 16.3 Å². The number of halogens is 2. The number of hydrogen-bond donors (Lipinski definition) is 0. The summed E-state index contributed by atoms with van der Waals surface area (Å²) in [5, 5.41) is 1.07. The molecule has 0 atom stereocenters. The Labute approximate surface area is 85.3 Å². The zero-order valence-electron chi connectivity index (χ0n) is 7.42. The fourth-order valence-electron chi connectivity index (χ4n) is 1.29. The van der Waals surface area contributed by atoms with Crippen molar-refractivity contribution in [2.45, 2.75) is 0 Å². The van der Waals surface area contributed by atoms with Gasteiger partial charge in [-0.25, -0.2) is 4.39 Å². The summed E-state index contributed by atoms with van der Waals surface area (Å²) in [6.45, 7) is 0. The molecule has 0 saturated heterocycles. The van der Waals surface area contributed by atoms with E-state index in [1.54, 1.807) is 12.1 Å². The Morgan fingerprint density at radius 2 is 2.14 bits per heavy atom. The van der Waals surface area contributed by atoms with Gasteiger partial charge in [-0.1, -0.05) is 11.6 Å². The normalized spacial score (nSPS) is 10.5. The topological polar surface area (TPSA) is 22.1 Å². The van der Waals surface area contributed by atoms with Crippen molar-refractivity contribution >= 4 is 22.5 Å². The van der Waals surface area contributed by atoms with E-state index in [0.29, 0.717) is 10.4 Å². The lowest BCUT2D eigenvalue weighted by molar-refractivity contribution is 0.388. The minimum atomic E-state index is -0.479. The van der Waals surface area contributed by atoms with Crippen molar-refractivity contribution in [3.8, 4) is 5.75 Å². The first-order valence-corrected chi connectivity index (χ1v) is 4.38. The van der Waals surface area contributed by atoms with Crippen molar-refractivity contribution in [2.75, 3.05) is 7.11 Å². The third kappa shape index (κ3) is 1.30. The molecule has 0 saturated carbocycles. The van der Waals surface area contributed by atoms with Crippen molar-refractivity contribution in [1.29, 1.82) is 0 Å². The molecule has 1 aromatic heterocycles. The second-order valence-electron chi connectivity index (χ2n) is 2.77. The summed E-state index contributed by atoms with van der Waals surface area (Å²) in [7, 11) is 1.41. The van der Waals surface area contributed by atoms with Crippen LogP contribution in [-0.2, 0) is 0 Å². The number of methoxy groups -OCH3 is 1. The predicted octanol–water partition coefficient (Wildman–Crippen LogP) is 3.04. The maximum atomic E-state index is 13.6. The monoisotopic (exact) mass is 211 g/mol. The zero-order valence-corrected chi connectivity index (χ0v) is 8.18. The van der Waals surface area contributed by atoms with E-state index in [1.165, 1.54) is 19.4 Å². The first kappa shape index (κ1) is 9.21. The lowest BCUT2D eigenvalue weighted by Crippen LogP contribution is -1.91. The summed E-state index contributed by atoms with van der Waals surface area (Å²) in [5.41, 5.74) is 0.233. The van der Waals surface area contributed by atoms with E-state index < -0.39 is 5.82 Å². The largest absolute Gasteiger partial charge is 0.494 e. The third-order valence-electron chi connectivity index (χ3n) is 1.98. The summed E-state index contributed by atoms with van der Waals surface area (Å²) in [6.07, 6.45) is 1.47. The summed E-state index contributed by atoms with van der Waals surface area (Å²) in [4.78, 5) is 3.91. The zero-order chi connectivity index (χ0) is 10.1. The van der Waals surface area contributed by atoms with Gasteiger partial charge < -0.3 is 4.74 Å². The molecule has 0 radical (unpaired) electrons. The molecule has 2 aromatic rings. The molecule has 2 nitrogen and oxygen atoms in total. The molecular formula is C10H7ClFNO. The van der Waals surface area contributed by atoms with Crippen LogP contribution >= 0.6 is 11.6 Å². The van der Waals surface area contributed by atoms with Crippen LogP contribution in [0.25, 0.3) is 10.9 Å². The molecule has 14 heavy (non-hydrogen) atoms. The van der Waals surface area contributed by atoms with Crippen molar-refractivity contribution in [3.05, 3.63) is 35.2 Å². The van der Waals surface area contributed by atoms with Crippen molar-refractivity contribution < 1.29 is 9.13 Å². The molecule has 1 aromatic carbocycles. The van der Waals surface area contributed by atoms with Crippen LogP contribution in [0.1, 0.15) is 0 Å². The van der Waals surface area contributed by atoms with E-state index >= 15 is 0 Å². The molecule has 2 rings (SSSR count). The molecule has 1 heterocycles. The van der Waals surface area contributed by atoms with Gasteiger partial charge in [0.05, 0.1) is 12.1 Å². The molecule has 72 valence electrons. The van der Waals surface area contributed by atoms with Gasteiger partial charge in [0.25, 0.3) is 0 Å². The number of benzene rings is 1. The third-order valence-corrected chi connectivity index (χ3v) is 2.31. The van der Waals surface area contributed by atoms with Gasteiger partial charge in [-0.2, -0.15) is 0 Å². The van der Waals surface area contributed by atoms with Crippen molar-refractivity contribution in [2.24, 2.45) is 0 Å². The fourth-order valence-corrected chi connectivity index (χ4v) is 1.50. The van der Waals surface area contributed by atoms with Gasteiger partial charge in [-0.05, 0) is 18.2 Å². The molecule has 0 aliphatic heterocycles. The second-order valence-corrected chi connectivity index (χ2v) is 3.18. The van der Waals surface area contributed by atoms with Gasteiger partial charge in [-0.15, -0.1) is 0 Å². The Bertz CT molecular complexity index is 487. The van der Waals surface area contributed by atoms with Gasteiger partial charge in [-0.3, -0.25) is 4.98 Å². The van der Waals surface area contributed by atoms with E-state index in [2.05, 4.69) is 4.98 Å². The molecule has 0 bridgehead atoms. The van der Waals surface area contributed by atoms with Gasteiger partial charge in [0.1, 0.15) is 5.52 Å². The number of hydrogen-bond acceptors (Lipinski definition) is 2. The number of pyridine rings is 1. The standard InChI is InChI=1S/C10H7ClFNO/c1-14-8-3-2-6-7(11)4-5-13-10(6)9(8)12/h2-5H,1H3. The average molecular weight is 212 g/mol. The quantitative estimate of drug-likeness (QED) is 0.723. The van der Waals surface area contributed by atoms with Gasteiger partial charge in [0, 0.05) is 11.6 Å². The summed E-state index contributed by atoms with van der Waals surface area (Å²) in [5.74, 6) is -0.306. The van der Waals surface area contributed by atoms with Gasteiger partial charge in [0.2, 0.25) is 0 Å². The van der Waals surface area contributed by atoms with Crippen LogP contribution in [0.3, 0.4) is 0 Å². The van der Waals surface area contributed by atoms with Gasteiger partial charge >= 0.3 is 0 Å². The Morgan fingerprint density at radius 3 is 2.86 bits per heavy atom. The highest BCUT2D eigenvalue weighted by atomic mass is 35.5. The van der Waals surface area contributed by atoms with Gasteiger partial charge in [0.15, 0.2) is 11.6 Å². The van der Waals surface area contributed by atoms with E-state index in [1.807, 2.05) is 0 Å². The molecule has 0 unspecified atom stereocenters. The number of nitrogens with zero attached hydrogens (tertiary/aromatic N) is 1. The molecule has 0 spiro atoms. The highest BCUT2D eigenvalue weighted by Gasteiger charge is 2.10. The van der Waals surface area contributed by atoms with Crippen LogP contribution in [0.5, 0.6) is 5.75 Å². The Morgan fingerprint density at radius 1 is 1.36 bits per heavy atom. The number of rotatable bonds is 1. The lowest BCUT2D eigenvalue weighted by Gasteiger charge is -2.04. The Hall–Kier alpha value is -1.35. The van der Waals surface area contributed by atoms with Crippen LogP contribution in [-0.4, -0.2) is 12.1 Å². The first-order valence-electron chi connectivity index (χ1n) is 4.00. The average Bonchev–Trinajstić information content (AvgIpc) is 2.20. The van der Waals surface area contributed by atoms with Crippen LogP contribution in [0, 0.1) is 5.82 Å². The van der Waals surface area contributed by atoms with E-state index in [-0.39, 0.29) is 11.3 Å². The first-order chi connectivity index (χ1) is 6.74. The lowest BCUT2D eigenvalue weighted by atomic mass is 10.2. The molecule has 0 aliphatic carbocycles. The maximum Gasteiger partial charge on any atom is 0.191 e. The Kier molecular flexibility index (Phi) is 2.25. The molecular weight excluding hydrogens is 205 g/mol. The summed E-state index contributed by atoms with van der Waals surface area (Å²) < 4.78 is 18.4. The summed E-state index contributed by atoms with van der Waals surface area (Å²) in [6, 6.07) is 4.84. The van der Waals surface area contributed by atoms with E-state index in [0.717, 1.165) is 0 Å². The van der Waals surface area contributed by atoms with Crippen LogP contribution in [0.2, 0.25) is 5.02 Å².